The lowest BCUT2D eigenvalue weighted by atomic mass is 10.1. The van der Waals surface area contributed by atoms with Gasteiger partial charge in [0.05, 0.1) is 11.9 Å². The Balaban J connectivity index is 1.96. The molecule has 0 bridgehead atoms. The maximum Gasteiger partial charge on any atom is 0.0599 e. The number of rotatable bonds is 6. The zero-order valence-electron chi connectivity index (χ0n) is 14.0. The van der Waals surface area contributed by atoms with Crippen molar-refractivity contribution >= 4 is 5.69 Å². The van der Waals surface area contributed by atoms with Gasteiger partial charge in [-0.05, 0) is 17.5 Å². The first-order valence-corrected chi connectivity index (χ1v) is 8.20. The molecule has 4 nitrogen and oxygen atoms in total. The molecule has 0 amide bonds. The molecule has 4 heteroatoms. The second kappa shape index (κ2) is 7.76. The lowest BCUT2D eigenvalue weighted by Gasteiger charge is -2.37. The van der Waals surface area contributed by atoms with E-state index in [4.69, 9.17) is 0 Å². The Bertz CT molecular complexity index is 423. The van der Waals surface area contributed by atoms with E-state index in [0.29, 0.717) is 6.04 Å². The van der Waals surface area contributed by atoms with Crippen LogP contribution in [-0.4, -0.2) is 48.6 Å². The Morgan fingerprint density at radius 3 is 2.48 bits per heavy atom. The fourth-order valence-electron chi connectivity index (χ4n) is 2.85. The monoisotopic (exact) mass is 290 g/mol. The van der Waals surface area contributed by atoms with Gasteiger partial charge in [0.15, 0.2) is 0 Å². The molecule has 1 aromatic rings. The van der Waals surface area contributed by atoms with Crippen molar-refractivity contribution in [2.24, 2.45) is 5.92 Å². The molecule has 0 unspecified atom stereocenters. The maximum atomic E-state index is 4.33. The summed E-state index contributed by atoms with van der Waals surface area (Å²) < 4.78 is 0. The normalized spacial score (nSPS) is 17.0. The van der Waals surface area contributed by atoms with Gasteiger partial charge in [-0.1, -0.05) is 27.7 Å². The van der Waals surface area contributed by atoms with Crippen LogP contribution in [-0.2, 0) is 6.54 Å². The molecule has 1 aliphatic rings. The van der Waals surface area contributed by atoms with Gasteiger partial charge in [0.2, 0.25) is 0 Å². The van der Waals surface area contributed by atoms with Gasteiger partial charge >= 0.3 is 0 Å². The average molecular weight is 290 g/mol. The predicted molar refractivity (Wildman–Crippen MR) is 89.7 cm³/mol. The second-order valence-corrected chi connectivity index (χ2v) is 6.72. The third-order valence-corrected chi connectivity index (χ3v) is 3.92. The summed E-state index contributed by atoms with van der Waals surface area (Å²) >= 11 is 0. The summed E-state index contributed by atoms with van der Waals surface area (Å²) in [7, 11) is 0. The molecule has 0 spiro atoms. The number of nitrogens with one attached hydrogen (secondary N) is 1. The standard InChI is InChI=1S/C17H30N4/c1-14(2)13-20-7-9-21(10-8-20)17-12-18-6-5-16(17)11-19-15(3)4/h5-6,12,14-15,19H,7-11,13H2,1-4H3. The highest BCUT2D eigenvalue weighted by molar-refractivity contribution is 5.52. The summed E-state index contributed by atoms with van der Waals surface area (Å²) in [5.41, 5.74) is 2.66. The number of pyridine rings is 1. The minimum atomic E-state index is 0.508. The van der Waals surface area contributed by atoms with Crippen LogP contribution in [0.15, 0.2) is 18.5 Å². The topological polar surface area (TPSA) is 31.4 Å². The van der Waals surface area contributed by atoms with Crippen LogP contribution < -0.4 is 10.2 Å². The van der Waals surface area contributed by atoms with Crippen LogP contribution in [0, 0.1) is 5.92 Å². The van der Waals surface area contributed by atoms with Gasteiger partial charge in [0.1, 0.15) is 0 Å². The van der Waals surface area contributed by atoms with Crippen molar-refractivity contribution in [2.75, 3.05) is 37.6 Å². The zero-order valence-corrected chi connectivity index (χ0v) is 14.0. The van der Waals surface area contributed by atoms with E-state index in [1.165, 1.54) is 17.8 Å². The second-order valence-electron chi connectivity index (χ2n) is 6.72. The Morgan fingerprint density at radius 2 is 1.86 bits per heavy atom. The number of aromatic nitrogens is 1. The van der Waals surface area contributed by atoms with Crippen molar-refractivity contribution in [2.45, 2.75) is 40.3 Å². The summed E-state index contributed by atoms with van der Waals surface area (Å²) in [5.74, 6) is 0.751. The van der Waals surface area contributed by atoms with Crippen LogP contribution in [0.1, 0.15) is 33.3 Å². The van der Waals surface area contributed by atoms with E-state index in [-0.39, 0.29) is 0 Å². The number of anilines is 1. The van der Waals surface area contributed by atoms with Crippen molar-refractivity contribution in [3.8, 4) is 0 Å². The molecule has 0 aromatic carbocycles. The fourth-order valence-corrected chi connectivity index (χ4v) is 2.85. The molecular formula is C17H30N4. The molecule has 0 atom stereocenters. The molecule has 0 radical (unpaired) electrons. The molecule has 118 valence electrons. The number of piperazine rings is 1. The molecule has 0 saturated carbocycles. The van der Waals surface area contributed by atoms with Crippen LogP contribution >= 0.6 is 0 Å². The van der Waals surface area contributed by atoms with Crippen LogP contribution in [0.4, 0.5) is 5.69 Å². The minimum absolute atomic E-state index is 0.508. The van der Waals surface area contributed by atoms with E-state index in [1.54, 1.807) is 0 Å². The predicted octanol–water partition coefficient (Wildman–Crippen LogP) is 2.36. The highest BCUT2D eigenvalue weighted by atomic mass is 15.3. The molecule has 2 heterocycles. The third kappa shape index (κ3) is 4.97. The van der Waals surface area contributed by atoms with Crippen molar-refractivity contribution in [1.82, 2.24) is 15.2 Å². The van der Waals surface area contributed by atoms with Crippen molar-refractivity contribution in [1.29, 1.82) is 0 Å². The Kier molecular flexibility index (Phi) is 6.00. The van der Waals surface area contributed by atoms with Crippen LogP contribution in [0.3, 0.4) is 0 Å². The highest BCUT2D eigenvalue weighted by Crippen LogP contribution is 2.21. The molecule has 1 aliphatic heterocycles. The molecule has 1 N–H and O–H groups in total. The van der Waals surface area contributed by atoms with E-state index < -0.39 is 0 Å². The molecular weight excluding hydrogens is 260 g/mol. The van der Waals surface area contributed by atoms with Gasteiger partial charge in [-0.2, -0.15) is 0 Å². The van der Waals surface area contributed by atoms with Crippen molar-refractivity contribution < 1.29 is 0 Å². The molecule has 0 aliphatic carbocycles. The van der Waals surface area contributed by atoms with E-state index in [2.05, 4.69) is 53.9 Å². The molecule has 1 aromatic heterocycles. The van der Waals surface area contributed by atoms with Crippen LogP contribution in [0.25, 0.3) is 0 Å². The summed E-state index contributed by atoms with van der Waals surface area (Å²) in [5, 5.41) is 3.51. The van der Waals surface area contributed by atoms with Gasteiger partial charge in [0.25, 0.3) is 0 Å². The van der Waals surface area contributed by atoms with Crippen LogP contribution in [0.2, 0.25) is 0 Å². The SMILES string of the molecule is CC(C)CN1CCN(c2cnccc2CNC(C)C)CC1. The van der Waals surface area contributed by atoms with E-state index in [1.807, 2.05) is 12.4 Å². The Labute approximate surface area is 129 Å². The summed E-state index contributed by atoms with van der Waals surface area (Å²) in [6.07, 6.45) is 3.92. The van der Waals surface area contributed by atoms with Crippen LogP contribution in [0.5, 0.6) is 0 Å². The smallest absolute Gasteiger partial charge is 0.0599 e. The number of hydrogen-bond acceptors (Lipinski definition) is 4. The first kappa shape index (κ1) is 16.2. The Hall–Kier alpha value is -1.13. The zero-order chi connectivity index (χ0) is 15.2. The summed E-state index contributed by atoms with van der Waals surface area (Å²) in [4.78, 5) is 9.39. The van der Waals surface area contributed by atoms with Gasteiger partial charge < -0.3 is 10.2 Å². The van der Waals surface area contributed by atoms with E-state index >= 15 is 0 Å². The van der Waals surface area contributed by atoms with E-state index in [0.717, 1.165) is 38.6 Å². The third-order valence-electron chi connectivity index (χ3n) is 3.92. The Morgan fingerprint density at radius 1 is 1.14 bits per heavy atom. The highest BCUT2D eigenvalue weighted by Gasteiger charge is 2.19. The molecule has 2 rings (SSSR count). The molecule has 21 heavy (non-hydrogen) atoms. The number of hydrogen-bond donors (Lipinski definition) is 1. The first-order valence-electron chi connectivity index (χ1n) is 8.20. The quantitative estimate of drug-likeness (QED) is 0.871. The minimum Gasteiger partial charge on any atom is -0.367 e. The van der Waals surface area contributed by atoms with Gasteiger partial charge in [-0.25, -0.2) is 0 Å². The fraction of sp³-hybridized carbons (Fsp3) is 0.706. The summed E-state index contributed by atoms with van der Waals surface area (Å²) in [6, 6.07) is 2.65. The lowest BCUT2D eigenvalue weighted by molar-refractivity contribution is 0.231. The average Bonchev–Trinajstić information content (AvgIpc) is 2.46. The molecule has 1 saturated heterocycles. The molecule has 1 fully saturated rings. The summed E-state index contributed by atoms with van der Waals surface area (Å²) in [6.45, 7) is 15.6. The van der Waals surface area contributed by atoms with Crippen molar-refractivity contribution in [3.63, 3.8) is 0 Å². The largest absolute Gasteiger partial charge is 0.367 e. The van der Waals surface area contributed by atoms with Gasteiger partial charge in [-0.15, -0.1) is 0 Å². The maximum absolute atomic E-state index is 4.33. The van der Waals surface area contributed by atoms with Gasteiger partial charge in [0, 0.05) is 51.5 Å². The van der Waals surface area contributed by atoms with E-state index in [9.17, 15) is 0 Å². The first-order chi connectivity index (χ1) is 10.1. The van der Waals surface area contributed by atoms with Crippen molar-refractivity contribution in [3.05, 3.63) is 24.0 Å². The van der Waals surface area contributed by atoms with Gasteiger partial charge in [-0.3, -0.25) is 9.88 Å². The lowest BCUT2D eigenvalue weighted by Crippen LogP contribution is -2.47. The number of nitrogens with zero attached hydrogens (tertiary/aromatic N) is 3.